The molecule has 2 aliphatic rings. The molecule has 1 aromatic carbocycles. The number of hydrogen-bond acceptors (Lipinski definition) is 3. The lowest BCUT2D eigenvalue weighted by molar-refractivity contribution is -0.143. The highest BCUT2D eigenvalue weighted by Gasteiger charge is 2.30. The normalized spacial score (nSPS) is 22.8. The second-order valence-corrected chi connectivity index (χ2v) is 7.19. The number of halogens is 2. The highest BCUT2D eigenvalue weighted by Crippen LogP contribution is 2.28. The predicted molar refractivity (Wildman–Crippen MR) is 91.6 cm³/mol. The Balaban J connectivity index is 1.68. The van der Waals surface area contributed by atoms with Crippen molar-refractivity contribution in [2.45, 2.75) is 37.9 Å². The smallest absolute Gasteiger partial charge is 0.306 e. The van der Waals surface area contributed by atoms with Crippen LogP contribution >= 0.6 is 0 Å². The summed E-state index contributed by atoms with van der Waals surface area (Å²) in [4.78, 5) is 15.7. The van der Waals surface area contributed by atoms with Crippen LogP contribution in [0.15, 0.2) is 24.3 Å². The van der Waals surface area contributed by atoms with E-state index in [0.717, 1.165) is 25.2 Å². The molecule has 2 fully saturated rings. The van der Waals surface area contributed by atoms with E-state index in [1.54, 1.807) is 0 Å². The van der Waals surface area contributed by atoms with Gasteiger partial charge in [-0.3, -0.25) is 9.69 Å². The van der Waals surface area contributed by atoms with E-state index in [2.05, 4.69) is 9.80 Å². The molecule has 3 rings (SSSR count). The van der Waals surface area contributed by atoms with Crippen LogP contribution in [0, 0.1) is 11.7 Å². The summed E-state index contributed by atoms with van der Waals surface area (Å²) < 4.78 is 26.8. The number of carbonyl (C=O) groups is 1. The molecule has 1 N–H and O–H groups in total. The zero-order valence-corrected chi connectivity index (χ0v) is 14.4. The number of piperidine rings is 2. The molecule has 0 spiro atoms. The van der Waals surface area contributed by atoms with Gasteiger partial charge in [-0.25, -0.2) is 8.78 Å². The van der Waals surface area contributed by atoms with Crippen LogP contribution in [0.5, 0.6) is 0 Å². The lowest BCUT2D eigenvalue weighted by Crippen LogP contribution is -2.45. The molecule has 2 heterocycles. The molecule has 0 aliphatic carbocycles. The first kappa shape index (κ1) is 18.3. The Labute approximate surface area is 147 Å². The highest BCUT2D eigenvalue weighted by atomic mass is 19.1. The molecule has 2 saturated heterocycles. The van der Waals surface area contributed by atoms with Gasteiger partial charge in [0.1, 0.15) is 12.0 Å². The number of carboxylic acid groups (broad SMARTS) is 1. The van der Waals surface area contributed by atoms with Gasteiger partial charge in [0.25, 0.3) is 0 Å². The fourth-order valence-corrected chi connectivity index (χ4v) is 3.90. The molecular weight excluding hydrogens is 326 g/mol. The second kappa shape index (κ2) is 8.23. The molecule has 1 atom stereocenters. The molecule has 0 bridgehead atoms. The van der Waals surface area contributed by atoms with Crippen LogP contribution in [0.3, 0.4) is 0 Å². The molecule has 4 nitrogen and oxygen atoms in total. The standard InChI is InChI=1S/C19H26F2N2O2/c20-16-3-1-14(2-4-16)18(23-11-7-17(21)8-12-23)13-22-9-5-15(6-10-22)19(24)25/h1-4,15,17-18H,5-13H2,(H,24,25). The summed E-state index contributed by atoms with van der Waals surface area (Å²) in [5.41, 5.74) is 1.04. The van der Waals surface area contributed by atoms with E-state index in [4.69, 9.17) is 5.11 Å². The lowest BCUT2D eigenvalue weighted by Gasteiger charge is -2.40. The van der Waals surface area contributed by atoms with Crippen molar-refractivity contribution in [3.63, 3.8) is 0 Å². The first-order chi connectivity index (χ1) is 12.0. The summed E-state index contributed by atoms with van der Waals surface area (Å²) in [7, 11) is 0. The SMILES string of the molecule is O=C(O)C1CCN(CC(c2ccc(F)cc2)N2CCC(F)CC2)CC1. The minimum absolute atomic E-state index is 0.0921. The summed E-state index contributed by atoms with van der Waals surface area (Å²) in [6.45, 7) is 3.70. The van der Waals surface area contributed by atoms with Crippen molar-refractivity contribution < 1.29 is 18.7 Å². The molecule has 25 heavy (non-hydrogen) atoms. The predicted octanol–water partition coefficient (Wildman–Crippen LogP) is 3.10. The van der Waals surface area contributed by atoms with Crippen molar-refractivity contribution in [3.8, 4) is 0 Å². The summed E-state index contributed by atoms with van der Waals surface area (Å²) >= 11 is 0. The van der Waals surface area contributed by atoms with Crippen molar-refractivity contribution >= 4 is 5.97 Å². The zero-order valence-electron chi connectivity index (χ0n) is 14.4. The van der Waals surface area contributed by atoms with Gasteiger partial charge in [-0.2, -0.15) is 0 Å². The van der Waals surface area contributed by atoms with Crippen LogP contribution < -0.4 is 0 Å². The van der Waals surface area contributed by atoms with Crippen LogP contribution in [0.2, 0.25) is 0 Å². The van der Waals surface area contributed by atoms with Crippen LogP contribution in [-0.2, 0) is 4.79 Å². The van der Waals surface area contributed by atoms with E-state index in [0.29, 0.717) is 38.8 Å². The van der Waals surface area contributed by atoms with Crippen LogP contribution in [-0.4, -0.2) is 59.8 Å². The van der Waals surface area contributed by atoms with E-state index >= 15 is 0 Å². The Kier molecular flexibility index (Phi) is 6.02. The van der Waals surface area contributed by atoms with Crippen molar-refractivity contribution in [2.75, 3.05) is 32.7 Å². The topological polar surface area (TPSA) is 43.8 Å². The fourth-order valence-electron chi connectivity index (χ4n) is 3.90. The van der Waals surface area contributed by atoms with Gasteiger partial charge in [-0.15, -0.1) is 0 Å². The van der Waals surface area contributed by atoms with E-state index in [9.17, 15) is 13.6 Å². The number of benzene rings is 1. The average molecular weight is 352 g/mol. The van der Waals surface area contributed by atoms with Crippen LogP contribution in [0.25, 0.3) is 0 Å². The van der Waals surface area contributed by atoms with E-state index in [-0.39, 0.29) is 17.8 Å². The van der Waals surface area contributed by atoms with Crippen LogP contribution in [0.1, 0.15) is 37.3 Å². The fraction of sp³-hybridized carbons (Fsp3) is 0.632. The third kappa shape index (κ3) is 4.76. The molecule has 1 aromatic rings. The summed E-state index contributed by atoms with van der Waals surface area (Å²) in [6.07, 6.45) is 1.68. The first-order valence-electron chi connectivity index (χ1n) is 9.11. The van der Waals surface area contributed by atoms with Gasteiger partial charge < -0.3 is 10.0 Å². The van der Waals surface area contributed by atoms with E-state index in [1.807, 2.05) is 12.1 Å². The molecule has 0 amide bonds. The van der Waals surface area contributed by atoms with E-state index < -0.39 is 12.1 Å². The highest BCUT2D eigenvalue weighted by molar-refractivity contribution is 5.70. The van der Waals surface area contributed by atoms with Gasteiger partial charge in [-0.1, -0.05) is 12.1 Å². The molecule has 6 heteroatoms. The minimum atomic E-state index is -0.726. The Bertz CT molecular complexity index is 565. The summed E-state index contributed by atoms with van der Waals surface area (Å²) in [5, 5.41) is 9.14. The molecule has 138 valence electrons. The largest absolute Gasteiger partial charge is 0.481 e. The number of likely N-dealkylation sites (tertiary alicyclic amines) is 2. The maximum Gasteiger partial charge on any atom is 0.306 e. The monoisotopic (exact) mass is 352 g/mol. The van der Waals surface area contributed by atoms with Crippen molar-refractivity contribution in [3.05, 3.63) is 35.6 Å². The van der Waals surface area contributed by atoms with Gasteiger partial charge in [0.05, 0.1) is 5.92 Å². The van der Waals surface area contributed by atoms with Gasteiger partial charge in [-0.05, 0) is 56.5 Å². The number of hydrogen-bond donors (Lipinski definition) is 1. The lowest BCUT2D eigenvalue weighted by atomic mass is 9.95. The van der Waals surface area contributed by atoms with Crippen molar-refractivity contribution in [1.29, 1.82) is 0 Å². The Morgan fingerprint density at radius 3 is 2.24 bits per heavy atom. The second-order valence-electron chi connectivity index (χ2n) is 7.19. The van der Waals surface area contributed by atoms with Gasteiger partial charge in [0.2, 0.25) is 0 Å². The Hall–Kier alpha value is -1.53. The van der Waals surface area contributed by atoms with E-state index in [1.165, 1.54) is 12.1 Å². The van der Waals surface area contributed by atoms with Gasteiger partial charge >= 0.3 is 5.97 Å². The number of nitrogens with zero attached hydrogens (tertiary/aromatic N) is 2. The maximum atomic E-state index is 13.5. The third-order valence-corrected chi connectivity index (χ3v) is 5.52. The molecule has 2 aliphatic heterocycles. The maximum absolute atomic E-state index is 13.5. The zero-order chi connectivity index (χ0) is 17.8. The third-order valence-electron chi connectivity index (χ3n) is 5.52. The molecular formula is C19H26F2N2O2. The van der Waals surface area contributed by atoms with Gasteiger partial charge in [0, 0.05) is 25.7 Å². The molecule has 0 saturated carbocycles. The summed E-state index contributed by atoms with van der Waals surface area (Å²) in [5.74, 6) is -1.21. The Morgan fingerprint density at radius 1 is 1.08 bits per heavy atom. The van der Waals surface area contributed by atoms with Crippen molar-refractivity contribution in [2.24, 2.45) is 5.92 Å². The number of alkyl halides is 1. The van der Waals surface area contributed by atoms with Gasteiger partial charge in [0.15, 0.2) is 0 Å². The first-order valence-corrected chi connectivity index (χ1v) is 9.11. The van der Waals surface area contributed by atoms with Crippen LogP contribution in [0.4, 0.5) is 8.78 Å². The number of aliphatic carboxylic acids is 1. The number of carboxylic acids is 1. The van der Waals surface area contributed by atoms with Crippen molar-refractivity contribution in [1.82, 2.24) is 9.80 Å². The number of rotatable bonds is 5. The Morgan fingerprint density at radius 2 is 1.68 bits per heavy atom. The molecule has 0 radical (unpaired) electrons. The molecule has 0 aromatic heterocycles. The average Bonchev–Trinajstić information content (AvgIpc) is 2.62. The molecule has 1 unspecified atom stereocenters. The minimum Gasteiger partial charge on any atom is -0.481 e. The quantitative estimate of drug-likeness (QED) is 0.884. The summed E-state index contributed by atoms with van der Waals surface area (Å²) in [6, 6.07) is 6.66.